The van der Waals surface area contributed by atoms with Crippen LogP contribution in [0.25, 0.3) is 0 Å². The maximum Gasteiger partial charge on any atom is 0.326 e. The molecule has 2 atom stereocenters. The summed E-state index contributed by atoms with van der Waals surface area (Å²) in [6, 6.07) is 1.82. The second kappa shape index (κ2) is 5.09. The van der Waals surface area contributed by atoms with E-state index in [-0.39, 0.29) is 30.3 Å². The molecule has 1 amide bonds. The number of carboxylic acid groups (broad SMARTS) is 1. The molecular formula is C13H12ClNO6. The summed E-state index contributed by atoms with van der Waals surface area (Å²) < 4.78 is 10.3. The predicted octanol–water partition coefficient (Wildman–Crippen LogP) is 0.729. The Labute approximate surface area is 124 Å². The van der Waals surface area contributed by atoms with E-state index < -0.39 is 24.0 Å². The summed E-state index contributed by atoms with van der Waals surface area (Å²) in [5.41, 5.74) is 0.199. The number of rotatable bonds is 2. The Morgan fingerprint density at radius 2 is 2.10 bits per heavy atom. The number of aliphatic carboxylic acids is 1. The highest BCUT2D eigenvalue weighted by Crippen LogP contribution is 2.40. The van der Waals surface area contributed by atoms with Crippen LogP contribution in [0.15, 0.2) is 12.1 Å². The molecule has 3 rings (SSSR count). The lowest BCUT2D eigenvalue weighted by atomic mass is 10.1. The first-order chi connectivity index (χ1) is 9.97. The van der Waals surface area contributed by atoms with Crippen LogP contribution in [-0.4, -0.2) is 52.5 Å². The highest BCUT2D eigenvalue weighted by molar-refractivity contribution is 6.32. The molecule has 0 saturated carbocycles. The molecule has 0 radical (unpaired) electrons. The van der Waals surface area contributed by atoms with E-state index >= 15 is 0 Å². The average Bonchev–Trinajstić information content (AvgIpc) is 3.04. The van der Waals surface area contributed by atoms with Gasteiger partial charge in [-0.3, -0.25) is 4.79 Å². The van der Waals surface area contributed by atoms with Gasteiger partial charge in [0.2, 0.25) is 6.79 Å². The third-order valence-corrected chi connectivity index (χ3v) is 3.78. The van der Waals surface area contributed by atoms with Gasteiger partial charge < -0.3 is 24.6 Å². The molecule has 112 valence electrons. The van der Waals surface area contributed by atoms with Crippen LogP contribution in [-0.2, 0) is 4.79 Å². The van der Waals surface area contributed by atoms with Crippen molar-refractivity contribution in [1.29, 1.82) is 0 Å². The number of nitrogens with zero attached hydrogens (tertiary/aromatic N) is 1. The van der Waals surface area contributed by atoms with Crippen molar-refractivity contribution in [3.63, 3.8) is 0 Å². The van der Waals surface area contributed by atoms with Crippen molar-refractivity contribution in [2.45, 2.75) is 18.6 Å². The maximum absolute atomic E-state index is 12.5. The summed E-state index contributed by atoms with van der Waals surface area (Å²) in [6.07, 6.45) is -0.834. The number of benzene rings is 1. The second-order valence-electron chi connectivity index (χ2n) is 4.89. The van der Waals surface area contributed by atoms with E-state index in [1.165, 1.54) is 12.1 Å². The predicted molar refractivity (Wildman–Crippen MR) is 70.7 cm³/mol. The van der Waals surface area contributed by atoms with Gasteiger partial charge in [0.05, 0.1) is 11.1 Å². The minimum absolute atomic E-state index is 0.0133. The SMILES string of the molecule is O=C(O)[C@@H]1C[C@H](O)CN1C(=O)c1cc(Cl)c2c(c1)OCO2. The van der Waals surface area contributed by atoms with Gasteiger partial charge in [-0.05, 0) is 12.1 Å². The Morgan fingerprint density at radius 1 is 1.33 bits per heavy atom. The molecule has 0 aromatic heterocycles. The standard InChI is InChI=1S/C13H12ClNO6/c14-8-1-6(2-10-11(8)21-5-20-10)12(17)15-4-7(16)3-9(15)13(18)19/h1-2,7,9,16H,3-5H2,(H,18,19)/t7-,9-/m0/s1. The van der Waals surface area contributed by atoms with E-state index in [9.17, 15) is 14.7 Å². The number of fused-ring (bicyclic) bond motifs is 1. The van der Waals surface area contributed by atoms with E-state index in [4.69, 9.17) is 26.2 Å². The number of carboxylic acids is 1. The van der Waals surface area contributed by atoms with E-state index in [1.54, 1.807) is 0 Å². The first kappa shape index (κ1) is 14.0. The number of carbonyl (C=O) groups excluding carboxylic acids is 1. The minimum atomic E-state index is -1.15. The Kier molecular flexibility index (Phi) is 3.38. The number of β-amino-alcohol motifs (C(OH)–C–C–N with tert-alkyl or cyclic N) is 1. The number of hydrogen-bond donors (Lipinski definition) is 2. The molecule has 1 fully saturated rings. The summed E-state index contributed by atoms with van der Waals surface area (Å²) in [4.78, 5) is 24.8. The number of amides is 1. The van der Waals surface area contributed by atoms with Gasteiger partial charge in [-0.1, -0.05) is 11.6 Å². The molecule has 2 heterocycles. The highest BCUT2D eigenvalue weighted by Gasteiger charge is 2.39. The van der Waals surface area contributed by atoms with Crippen molar-refractivity contribution in [3.8, 4) is 11.5 Å². The lowest BCUT2D eigenvalue weighted by Gasteiger charge is -2.21. The van der Waals surface area contributed by atoms with Gasteiger partial charge in [-0.25, -0.2) is 4.79 Å². The van der Waals surface area contributed by atoms with Crippen molar-refractivity contribution in [3.05, 3.63) is 22.7 Å². The fourth-order valence-corrected chi connectivity index (χ4v) is 2.79. The topological polar surface area (TPSA) is 96.3 Å². The quantitative estimate of drug-likeness (QED) is 0.835. The third kappa shape index (κ3) is 2.38. The van der Waals surface area contributed by atoms with Gasteiger partial charge >= 0.3 is 5.97 Å². The van der Waals surface area contributed by atoms with Crippen LogP contribution in [0.4, 0.5) is 0 Å². The third-order valence-electron chi connectivity index (χ3n) is 3.50. The second-order valence-corrected chi connectivity index (χ2v) is 5.30. The summed E-state index contributed by atoms with van der Waals surface area (Å²) in [5.74, 6) is -0.951. The molecule has 1 saturated heterocycles. The zero-order chi connectivity index (χ0) is 15.1. The first-order valence-electron chi connectivity index (χ1n) is 6.28. The molecule has 0 unspecified atom stereocenters. The van der Waals surface area contributed by atoms with E-state index in [2.05, 4.69) is 0 Å². The van der Waals surface area contributed by atoms with Crippen LogP contribution in [0.5, 0.6) is 11.5 Å². The number of aliphatic hydroxyl groups excluding tert-OH is 1. The fourth-order valence-electron chi connectivity index (χ4n) is 2.53. The van der Waals surface area contributed by atoms with E-state index in [1.807, 2.05) is 0 Å². The van der Waals surface area contributed by atoms with Crippen molar-refractivity contribution < 1.29 is 29.3 Å². The summed E-state index contributed by atoms with van der Waals surface area (Å²) in [6.45, 7) is -0.00522. The normalized spacial score (nSPS) is 23.4. The van der Waals surface area contributed by atoms with Crippen molar-refractivity contribution in [2.75, 3.05) is 13.3 Å². The highest BCUT2D eigenvalue weighted by atomic mass is 35.5. The van der Waals surface area contributed by atoms with E-state index in [0.29, 0.717) is 11.5 Å². The monoisotopic (exact) mass is 313 g/mol. The Balaban J connectivity index is 1.92. The van der Waals surface area contributed by atoms with Crippen LogP contribution in [0.2, 0.25) is 5.02 Å². The molecule has 2 aliphatic heterocycles. The fraction of sp³-hybridized carbons (Fsp3) is 0.385. The van der Waals surface area contributed by atoms with Crippen LogP contribution in [0, 0.1) is 0 Å². The molecule has 0 aliphatic carbocycles. The zero-order valence-electron chi connectivity index (χ0n) is 10.8. The largest absolute Gasteiger partial charge is 0.480 e. The summed E-state index contributed by atoms with van der Waals surface area (Å²) in [5, 5.41) is 18.9. The lowest BCUT2D eigenvalue weighted by molar-refractivity contribution is -0.141. The van der Waals surface area contributed by atoms with E-state index in [0.717, 1.165) is 4.90 Å². The maximum atomic E-state index is 12.5. The van der Waals surface area contributed by atoms with Gasteiger partial charge in [0, 0.05) is 18.5 Å². The molecular weight excluding hydrogens is 302 g/mol. The Hall–Kier alpha value is -1.99. The van der Waals surface area contributed by atoms with Crippen LogP contribution >= 0.6 is 11.6 Å². The smallest absolute Gasteiger partial charge is 0.326 e. The van der Waals surface area contributed by atoms with Gasteiger partial charge in [0.25, 0.3) is 5.91 Å². The minimum Gasteiger partial charge on any atom is -0.480 e. The number of carbonyl (C=O) groups is 2. The molecule has 21 heavy (non-hydrogen) atoms. The Morgan fingerprint density at radius 3 is 2.81 bits per heavy atom. The first-order valence-corrected chi connectivity index (χ1v) is 6.66. The van der Waals surface area contributed by atoms with Crippen molar-refractivity contribution in [2.24, 2.45) is 0 Å². The molecule has 2 aliphatic rings. The van der Waals surface area contributed by atoms with Crippen LogP contribution < -0.4 is 9.47 Å². The molecule has 0 bridgehead atoms. The number of halogens is 1. The van der Waals surface area contributed by atoms with Gasteiger partial charge in [-0.15, -0.1) is 0 Å². The van der Waals surface area contributed by atoms with Crippen molar-refractivity contribution >= 4 is 23.5 Å². The van der Waals surface area contributed by atoms with Gasteiger partial charge in [-0.2, -0.15) is 0 Å². The number of hydrogen-bond acceptors (Lipinski definition) is 5. The lowest BCUT2D eigenvalue weighted by Crippen LogP contribution is -2.40. The van der Waals surface area contributed by atoms with Gasteiger partial charge in [0.1, 0.15) is 6.04 Å². The number of likely N-dealkylation sites (tertiary alicyclic amines) is 1. The summed E-state index contributed by atoms with van der Waals surface area (Å²) in [7, 11) is 0. The number of aliphatic hydroxyl groups is 1. The van der Waals surface area contributed by atoms with Gasteiger partial charge in [0.15, 0.2) is 11.5 Å². The zero-order valence-corrected chi connectivity index (χ0v) is 11.5. The molecule has 7 nitrogen and oxygen atoms in total. The van der Waals surface area contributed by atoms with Crippen LogP contribution in [0.1, 0.15) is 16.8 Å². The molecule has 1 aromatic carbocycles. The average molecular weight is 314 g/mol. The molecule has 0 spiro atoms. The molecule has 2 N–H and O–H groups in total. The number of ether oxygens (including phenoxy) is 2. The van der Waals surface area contributed by atoms with Crippen LogP contribution in [0.3, 0.4) is 0 Å². The van der Waals surface area contributed by atoms with Crippen molar-refractivity contribution in [1.82, 2.24) is 4.90 Å². The summed E-state index contributed by atoms with van der Waals surface area (Å²) >= 11 is 6.01. The molecule has 8 heteroatoms. The Bertz CT molecular complexity index is 619. The molecule has 1 aromatic rings.